The van der Waals surface area contributed by atoms with Crippen molar-refractivity contribution in [1.82, 2.24) is 0 Å². The van der Waals surface area contributed by atoms with Crippen LogP contribution in [0.4, 0.5) is 17.6 Å². The summed E-state index contributed by atoms with van der Waals surface area (Å²) in [6, 6.07) is 3.03. The van der Waals surface area contributed by atoms with Crippen LogP contribution in [0.25, 0.3) is 6.08 Å². The number of hydrogen-bond acceptors (Lipinski definition) is 2. The van der Waals surface area contributed by atoms with Gasteiger partial charge >= 0.3 is 12.3 Å². The molecular weight excluding hydrogens is 244 g/mol. The average Bonchev–Trinajstić information content (AvgIpc) is 2.17. The van der Waals surface area contributed by atoms with Crippen LogP contribution in [0.2, 0.25) is 0 Å². The molecular formula is C10H6F4O3. The maximum absolute atomic E-state index is 13.4. The van der Waals surface area contributed by atoms with E-state index in [0.717, 1.165) is 24.3 Å². The fourth-order valence-electron chi connectivity index (χ4n) is 1.02. The number of carboxylic acids is 1. The Morgan fingerprint density at radius 1 is 1.35 bits per heavy atom. The van der Waals surface area contributed by atoms with Crippen molar-refractivity contribution in [2.75, 3.05) is 0 Å². The van der Waals surface area contributed by atoms with Gasteiger partial charge in [-0.25, -0.2) is 9.18 Å². The zero-order valence-corrected chi connectivity index (χ0v) is 8.16. The van der Waals surface area contributed by atoms with Gasteiger partial charge in [0.2, 0.25) is 0 Å². The van der Waals surface area contributed by atoms with Crippen LogP contribution < -0.4 is 4.74 Å². The summed E-state index contributed by atoms with van der Waals surface area (Å²) in [7, 11) is 0. The van der Waals surface area contributed by atoms with E-state index >= 15 is 0 Å². The van der Waals surface area contributed by atoms with Crippen molar-refractivity contribution in [3.8, 4) is 5.75 Å². The van der Waals surface area contributed by atoms with Crippen LogP contribution in [-0.2, 0) is 4.79 Å². The molecule has 0 spiro atoms. The van der Waals surface area contributed by atoms with Gasteiger partial charge in [0.1, 0.15) is 0 Å². The Morgan fingerprint density at radius 2 is 2.00 bits per heavy atom. The third kappa shape index (κ3) is 4.13. The summed E-state index contributed by atoms with van der Waals surface area (Å²) in [6.07, 6.45) is -3.56. The molecule has 0 bridgehead atoms. The summed E-state index contributed by atoms with van der Waals surface area (Å²) in [6.45, 7) is 0. The molecule has 0 saturated heterocycles. The predicted molar refractivity (Wildman–Crippen MR) is 49.8 cm³/mol. The van der Waals surface area contributed by atoms with E-state index in [4.69, 9.17) is 5.11 Å². The number of carbonyl (C=O) groups is 1. The highest BCUT2D eigenvalue weighted by atomic mass is 19.4. The first-order valence-corrected chi connectivity index (χ1v) is 4.25. The molecule has 0 saturated carbocycles. The summed E-state index contributed by atoms with van der Waals surface area (Å²) >= 11 is 0. The molecule has 0 fully saturated rings. The van der Waals surface area contributed by atoms with E-state index in [9.17, 15) is 22.4 Å². The molecule has 0 aliphatic heterocycles. The Kier molecular flexibility index (Phi) is 3.72. The molecule has 0 radical (unpaired) electrons. The average molecular weight is 250 g/mol. The number of aliphatic carboxylic acids is 1. The maximum atomic E-state index is 13.4. The second-order valence-electron chi connectivity index (χ2n) is 2.88. The summed E-state index contributed by atoms with van der Waals surface area (Å²) in [5.41, 5.74) is -0.311. The molecule has 7 heteroatoms. The molecule has 1 rings (SSSR count). The molecule has 92 valence electrons. The number of alkyl halides is 3. The van der Waals surface area contributed by atoms with E-state index in [-0.39, 0.29) is 5.56 Å². The van der Waals surface area contributed by atoms with Gasteiger partial charge in [0.15, 0.2) is 11.6 Å². The van der Waals surface area contributed by atoms with Crippen LogP contribution >= 0.6 is 0 Å². The number of hydrogen-bond donors (Lipinski definition) is 1. The predicted octanol–water partition coefficient (Wildman–Crippen LogP) is 2.82. The highest BCUT2D eigenvalue weighted by Gasteiger charge is 2.32. The number of carboxylic acid groups (broad SMARTS) is 1. The molecule has 0 amide bonds. The van der Waals surface area contributed by atoms with Gasteiger partial charge in [-0.15, -0.1) is 13.2 Å². The van der Waals surface area contributed by atoms with E-state index in [2.05, 4.69) is 4.74 Å². The Hall–Kier alpha value is -2.05. The van der Waals surface area contributed by atoms with Crippen molar-refractivity contribution in [2.24, 2.45) is 0 Å². The van der Waals surface area contributed by atoms with Crippen LogP contribution in [0.3, 0.4) is 0 Å². The number of ether oxygens (including phenoxy) is 1. The van der Waals surface area contributed by atoms with Crippen molar-refractivity contribution in [2.45, 2.75) is 6.36 Å². The highest BCUT2D eigenvalue weighted by Crippen LogP contribution is 2.27. The minimum atomic E-state index is -5.00. The first-order chi connectivity index (χ1) is 7.79. The lowest BCUT2D eigenvalue weighted by Gasteiger charge is -2.10. The van der Waals surface area contributed by atoms with Crippen molar-refractivity contribution in [1.29, 1.82) is 0 Å². The smallest absolute Gasteiger partial charge is 0.478 e. The quantitative estimate of drug-likeness (QED) is 0.662. The van der Waals surface area contributed by atoms with Crippen molar-refractivity contribution >= 4 is 12.0 Å². The zero-order chi connectivity index (χ0) is 13.1. The van der Waals surface area contributed by atoms with Crippen LogP contribution in [0.15, 0.2) is 24.3 Å². The molecule has 0 aromatic heterocycles. The standard InChI is InChI=1S/C10H6F4O3/c11-9-6(4-5-8(15)16)2-1-3-7(9)17-10(12,13)14/h1-5H,(H,15,16)/b5-4-. The lowest BCUT2D eigenvalue weighted by atomic mass is 10.2. The Morgan fingerprint density at radius 3 is 2.53 bits per heavy atom. The van der Waals surface area contributed by atoms with Crippen molar-refractivity contribution < 1.29 is 32.2 Å². The molecule has 0 unspecified atom stereocenters. The minimum absolute atomic E-state index is 0.311. The van der Waals surface area contributed by atoms with E-state index < -0.39 is 23.9 Å². The lowest BCUT2D eigenvalue weighted by molar-refractivity contribution is -0.275. The van der Waals surface area contributed by atoms with Gasteiger partial charge in [0.05, 0.1) is 0 Å². The lowest BCUT2D eigenvalue weighted by Crippen LogP contribution is -2.18. The molecule has 0 aliphatic rings. The Bertz CT molecular complexity index is 451. The molecule has 1 aromatic rings. The summed E-state index contributed by atoms with van der Waals surface area (Å²) in [5, 5.41) is 8.30. The van der Waals surface area contributed by atoms with Gasteiger partial charge in [0.25, 0.3) is 0 Å². The fourth-order valence-corrected chi connectivity index (χ4v) is 1.02. The van der Waals surface area contributed by atoms with Gasteiger partial charge in [-0.2, -0.15) is 0 Å². The van der Waals surface area contributed by atoms with E-state index in [1.54, 1.807) is 0 Å². The molecule has 0 aliphatic carbocycles. The van der Waals surface area contributed by atoms with E-state index in [1.807, 2.05) is 0 Å². The summed E-state index contributed by atoms with van der Waals surface area (Å²) < 4.78 is 52.4. The van der Waals surface area contributed by atoms with E-state index in [0.29, 0.717) is 6.08 Å². The number of rotatable bonds is 3. The first-order valence-electron chi connectivity index (χ1n) is 4.25. The molecule has 3 nitrogen and oxygen atoms in total. The fraction of sp³-hybridized carbons (Fsp3) is 0.100. The zero-order valence-electron chi connectivity index (χ0n) is 8.16. The SMILES string of the molecule is O=C(O)/C=C\c1cccc(OC(F)(F)F)c1F. The second kappa shape index (κ2) is 4.86. The molecule has 0 heterocycles. The highest BCUT2D eigenvalue weighted by molar-refractivity contribution is 5.85. The number of halogens is 4. The first kappa shape index (κ1) is 13.0. The third-order valence-electron chi connectivity index (χ3n) is 1.62. The normalized spacial score (nSPS) is 11.8. The van der Waals surface area contributed by atoms with Crippen LogP contribution in [0, 0.1) is 5.82 Å². The van der Waals surface area contributed by atoms with Crippen molar-refractivity contribution in [3.05, 3.63) is 35.7 Å². The van der Waals surface area contributed by atoms with Gasteiger partial charge in [0, 0.05) is 11.6 Å². The van der Waals surface area contributed by atoms with Gasteiger partial charge in [-0.05, 0) is 12.1 Å². The minimum Gasteiger partial charge on any atom is -0.478 e. The number of benzene rings is 1. The molecule has 17 heavy (non-hydrogen) atoms. The van der Waals surface area contributed by atoms with Crippen LogP contribution in [0.5, 0.6) is 5.75 Å². The second-order valence-corrected chi connectivity index (χ2v) is 2.88. The van der Waals surface area contributed by atoms with Crippen LogP contribution in [0.1, 0.15) is 5.56 Å². The summed E-state index contributed by atoms with van der Waals surface area (Å²) in [4.78, 5) is 10.2. The maximum Gasteiger partial charge on any atom is 0.573 e. The Labute approximate surface area is 92.9 Å². The van der Waals surface area contributed by atoms with Crippen LogP contribution in [-0.4, -0.2) is 17.4 Å². The van der Waals surface area contributed by atoms with Crippen molar-refractivity contribution in [3.63, 3.8) is 0 Å². The summed E-state index contributed by atoms with van der Waals surface area (Å²) in [5.74, 6) is -3.63. The topological polar surface area (TPSA) is 46.5 Å². The Balaban J connectivity index is 3.03. The molecule has 0 atom stereocenters. The largest absolute Gasteiger partial charge is 0.573 e. The van der Waals surface area contributed by atoms with Gasteiger partial charge in [-0.3, -0.25) is 0 Å². The molecule has 1 N–H and O–H groups in total. The monoisotopic (exact) mass is 250 g/mol. The molecule has 1 aromatic carbocycles. The van der Waals surface area contributed by atoms with E-state index in [1.165, 1.54) is 0 Å². The third-order valence-corrected chi connectivity index (χ3v) is 1.62. The van der Waals surface area contributed by atoms with Gasteiger partial charge < -0.3 is 9.84 Å². The van der Waals surface area contributed by atoms with Gasteiger partial charge in [-0.1, -0.05) is 12.1 Å².